The number of hydrogen-bond donors (Lipinski definition) is 2. The molecule has 0 spiro atoms. The van der Waals surface area contributed by atoms with E-state index in [1.165, 1.54) is 0 Å². The average Bonchev–Trinajstić information content (AvgIpc) is 2.58. The Balaban J connectivity index is 2.07. The first-order chi connectivity index (χ1) is 5.81. The van der Waals surface area contributed by atoms with Crippen LogP contribution in [-0.4, -0.2) is 30.4 Å². The van der Waals surface area contributed by atoms with Crippen molar-refractivity contribution in [3.63, 3.8) is 0 Å². The van der Waals surface area contributed by atoms with Crippen LogP contribution in [0.15, 0.2) is 11.8 Å². The van der Waals surface area contributed by atoms with Gasteiger partial charge < -0.3 is 15.2 Å². The third kappa shape index (κ3) is 1.34. The van der Waals surface area contributed by atoms with Gasteiger partial charge in [0.2, 0.25) is 0 Å². The van der Waals surface area contributed by atoms with E-state index in [-0.39, 0.29) is 0 Å². The fourth-order valence-corrected chi connectivity index (χ4v) is 1.83. The molecule has 0 unspecified atom stereocenters. The van der Waals surface area contributed by atoms with E-state index in [1.54, 1.807) is 0 Å². The molecule has 2 heterocycles. The van der Waals surface area contributed by atoms with Gasteiger partial charge in [-0.15, -0.1) is 0 Å². The van der Waals surface area contributed by atoms with Crippen molar-refractivity contribution in [2.45, 2.75) is 24.9 Å². The minimum Gasteiger partial charge on any atom is -0.495 e. The first kappa shape index (κ1) is 8.08. The molecule has 0 amide bonds. The Kier molecular flexibility index (Phi) is 2.07. The van der Waals surface area contributed by atoms with Gasteiger partial charge in [-0.1, -0.05) is 0 Å². The molecule has 12 heavy (non-hydrogen) atoms. The van der Waals surface area contributed by atoms with Crippen LogP contribution in [0.2, 0.25) is 0 Å². The summed E-state index contributed by atoms with van der Waals surface area (Å²) >= 11 is 0. The summed E-state index contributed by atoms with van der Waals surface area (Å²) in [5.74, 6) is 0.809. The van der Waals surface area contributed by atoms with E-state index < -0.39 is 5.60 Å². The maximum atomic E-state index is 10.1. The minimum absolute atomic E-state index is 0.665. The van der Waals surface area contributed by atoms with Gasteiger partial charge in [-0.3, -0.25) is 0 Å². The van der Waals surface area contributed by atoms with Gasteiger partial charge >= 0.3 is 0 Å². The molecule has 2 rings (SSSR count). The molecule has 0 aliphatic carbocycles. The van der Waals surface area contributed by atoms with Gasteiger partial charge in [0.1, 0.15) is 11.4 Å². The molecule has 3 heteroatoms. The molecule has 0 saturated carbocycles. The monoisotopic (exact) mass is 169 g/mol. The van der Waals surface area contributed by atoms with Gasteiger partial charge in [0.15, 0.2) is 0 Å². The van der Waals surface area contributed by atoms with Crippen LogP contribution in [0.5, 0.6) is 0 Å². The zero-order chi connectivity index (χ0) is 8.44. The fraction of sp³-hybridized carbons (Fsp3) is 0.778. The van der Waals surface area contributed by atoms with Crippen molar-refractivity contribution in [1.29, 1.82) is 0 Å². The molecule has 1 fully saturated rings. The van der Waals surface area contributed by atoms with Crippen LogP contribution in [0.4, 0.5) is 0 Å². The first-order valence-corrected chi connectivity index (χ1v) is 4.58. The summed E-state index contributed by atoms with van der Waals surface area (Å²) in [5.41, 5.74) is -0.665. The van der Waals surface area contributed by atoms with Gasteiger partial charge in [0.25, 0.3) is 0 Å². The second kappa shape index (κ2) is 3.07. The Hall–Kier alpha value is -0.540. The second-order valence-corrected chi connectivity index (χ2v) is 3.49. The Bertz CT molecular complexity index is 195. The van der Waals surface area contributed by atoms with Gasteiger partial charge in [0, 0.05) is 6.42 Å². The summed E-state index contributed by atoms with van der Waals surface area (Å²) in [5, 5.41) is 13.4. The lowest BCUT2D eigenvalue weighted by atomic mass is 9.90. The number of nitrogens with one attached hydrogen (secondary N) is 1. The summed E-state index contributed by atoms with van der Waals surface area (Å²) in [6.07, 6.45) is 4.52. The van der Waals surface area contributed by atoms with E-state index in [0.29, 0.717) is 0 Å². The van der Waals surface area contributed by atoms with Crippen LogP contribution >= 0.6 is 0 Å². The maximum absolute atomic E-state index is 10.1. The van der Waals surface area contributed by atoms with Crippen molar-refractivity contribution in [3.05, 3.63) is 11.8 Å². The van der Waals surface area contributed by atoms with Crippen molar-refractivity contribution in [2.24, 2.45) is 0 Å². The normalized spacial score (nSPS) is 27.9. The topological polar surface area (TPSA) is 41.5 Å². The summed E-state index contributed by atoms with van der Waals surface area (Å²) < 4.78 is 5.38. The fourth-order valence-electron chi connectivity index (χ4n) is 1.83. The van der Waals surface area contributed by atoms with Crippen LogP contribution in [-0.2, 0) is 4.74 Å². The molecular weight excluding hydrogens is 154 g/mol. The van der Waals surface area contributed by atoms with Crippen molar-refractivity contribution in [1.82, 2.24) is 5.32 Å². The molecule has 0 bridgehead atoms. The second-order valence-electron chi connectivity index (χ2n) is 3.49. The Morgan fingerprint density at radius 3 is 2.75 bits per heavy atom. The highest BCUT2D eigenvalue weighted by Crippen LogP contribution is 2.30. The van der Waals surface area contributed by atoms with E-state index >= 15 is 0 Å². The molecule has 2 aliphatic rings. The molecule has 1 saturated heterocycles. The molecule has 2 N–H and O–H groups in total. The zero-order valence-corrected chi connectivity index (χ0v) is 7.18. The molecule has 0 radical (unpaired) electrons. The molecule has 68 valence electrons. The Morgan fingerprint density at radius 2 is 2.17 bits per heavy atom. The highest BCUT2D eigenvalue weighted by molar-refractivity contribution is 5.14. The lowest BCUT2D eigenvalue weighted by Gasteiger charge is -2.32. The quantitative estimate of drug-likeness (QED) is 0.597. The highest BCUT2D eigenvalue weighted by atomic mass is 16.5. The molecule has 2 aliphatic heterocycles. The van der Waals surface area contributed by atoms with Crippen LogP contribution in [0.25, 0.3) is 0 Å². The Morgan fingerprint density at radius 1 is 1.42 bits per heavy atom. The summed E-state index contributed by atoms with van der Waals surface area (Å²) in [4.78, 5) is 0. The van der Waals surface area contributed by atoms with Crippen LogP contribution < -0.4 is 5.32 Å². The van der Waals surface area contributed by atoms with E-state index in [2.05, 4.69) is 5.32 Å². The van der Waals surface area contributed by atoms with Gasteiger partial charge in [-0.05, 0) is 32.0 Å². The Labute approximate surface area is 72.4 Å². The lowest BCUT2D eigenvalue weighted by Crippen LogP contribution is -2.43. The standard InChI is InChI=1S/C9H15NO2/c11-9(3-5-10-6-4-9)8-2-1-7-12-8/h2,10-11H,1,3-7H2. The number of rotatable bonds is 1. The van der Waals surface area contributed by atoms with Crippen LogP contribution in [0.3, 0.4) is 0 Å². The predicted octanol–water partition coefficient (Wildman–Crippen LogP) is 0.405. The summed E-state index contributed by atoms with van der Waals surface area (Å²) in [7, 11) is 0. The highest BCUT2D eigenvalue weighted by Gasteiger charge is 2.35. The largest absolute Gasteiger partial charge is 0.495 e. The smallest absolute Gasteiger partial charge is 0.124 e. The van der Waals surface area contributed by atoms with Crippen molar-refractivity contribution < 1.29 is 9.84 Å². The van der Waals surface area contributed by atoms with Gasteiger partial charge in [-0.2, -0.15) is 0 Å². The molecule has 3 nitrogen and oxygen atoms in total. The maximum Gasteiger partial charge on any atom is 0.124 e. The lowest BCUT2D eigenvalue weighted by molar-refractivity contribution is -0.00443. The van der Waals surface area contributed by atoms with Crippen molar-refractivity contribution in [2.75, 3.05) is 19.7 Å². The molecule has 0 atom stereocenters. The third-order valence-corrected chi connectivity index (χ3v) is 2.59. The van der Waals surface area contributed by atoms with Crippen LogP contribution in [0.1, 0.15) is 19.3 Å². The summed E-state index contributed by atoms with van der Waals surface area (Å²) in [6.45, 7) is 2.51. The predicted molar refractivity (Wildman–Crippen MR) is 45.7 cm³/mol. The minimum atomic E-state index is -0.665. The zero-order valence-electron chi connectivity index (χ0n) is 7.18. The number of aliphatic hydroxyl groups is 1. The van der Waals surface area contributed by atoms with E-state index in [0.717, 1.165) is 44.7 Å². The molecule has 0 aromatic heterocycles. The first-order valence-electron chi connectivity index (χ1n) is 4.58. The van der Waals surface area contributed by atoms with Gasteiger partial charge in [0.05, 0.1) is 6.61 Å². The number of ether oxygens (including phenoxy) is 1. The van der Waals surface area contributed by atoms with E-state index in [1.807, 2.05) is 6.08 Å². The summed E-state index contributed by atoms with van der Waals surface area (Å²) in [6, 6.07) is 0. The van der Waals surface area contributed by atoms with Crippen molar-refractivity contribution >= 4 is 0 Å². The SMILES string of the molecule is OC1(C2=CCCO2)CCNCC1. The van der Waals surface area contributed by atoms with E-state index in [9.17, 15) is 5.11 Å². The average molecular weight is 169 g/mol. The number of hydrogen-bond acceptors (Lipinski definition) is 3. The van der Waals surface area contributed by atoms with Gasteiger partial charge in [-0.25, -0.2) is 0 Å². The number of piperidine rings is 1. The third-order valence-electron chi connectivity index (χ3n) is 2.59. The molecule has 0 aromatic carbocycles. The molecular formula is C9H15NO2. The van der Waals surface area contributed by atoms with Crippen LogP contribution in [0, 0.1) is 0 Å². The molecule has 0 aromatic rings. The van der Waals surface area contributed by atoms with Crippen molar-refractivity contribution in [3.8, 4) is 0 Å². The van der Waals surface area contributed by atoms with E-state index in [4.69, 9.17) is 4.74 Å².